The van der Waals surface area contributed by atoms with Crippen LogP contribution in [0.5, 0.6) is 5.75 Å². The number of guanidine groups is 1. The highest BCUT2D eigenvalue weighted by molar-refractivity contribution is 8.76. The Bertz CT molecular complexity index is 2290. The van der Waals surface area contributed by atoms with E-state index in [9.17, 15) is 53.1 Å². The first-order valence-electron chi connectivity index (χ1n) is 23.9. The van der Waals surface area contributed by atoms with Crippen LogP contribution in [0.3, 0.4) is 0 Å². The van der Waals surface area contributed by atoms with Gasteiger partial charge in [-0.25, -0.2) is 0 Å². The number of rotatable bonds is 19. The van der Waals surface area contributed by atoms with Crippen molar-refractivity contribution in [2.45, 2.75) is 120 Å². The van der Waals surface area contributed by atoms with Gasteiger partial charge in [-0.2, -0.15) is 0 Å². The van der Waals surface area contributed by atoms with Crippen LogP contribution in [0, 0.1) is 0 Å². The summed E-state index contributed by atoms with van der Waals surface area (Å²) in [4.78, 5) is 141. The lowest BCUT2D eigenvalue weighted by molar-refractivity contribution is -0.142. The predicted octanol–water partition coefficient (Wildman–Crippen LogP) is -2.42. The Labute approximate surface area is 430 Å². The van der Waals surface area contributed by atoms with Gasteiger partial charge in [0.25, 0.3) is 0 Å². The number of primary amides is 2. The molecular weight excluding hydrogens is 987 g/mol. The average molecular weight is 1050 g/mol. The Morgan fingerprint density at radius 2 is 1.38 bits per heavy atom. The Hall–Kier alpha value is -7.09. The number of phenolic OH excluding ortho intramolecular Hbond substituents is 1. The topological polar surface area (TPSA) is 395 Å². The van der Waals surface area contributed by atoms with Gasteiger partial charge < -0.3 is 70.2 Å². The van der Waals surface area contributed by atoms with Gasteiger partial charge in [0.2, 0.25) is 59.1 Å². The predicted molar refractivity (Wildman–Crippen MR) is 273 cm³/mol. The maximum Gasteiger partial charge on any atom is 0.246 e. The van der Waals surface area contributed by atoms with E-state index in [2.05, 4.69) is 42.2 Å². The molecule has 24 nitrogen and oxygen atoms in total. The molecule has 0 saturated carbocycles. The van der Waals surface area contributed by atoms with Crippen molar-refractivity contribution < 1.29 is 53.1 Å². The van der Waals surface area contributed by atoms with E-state index < -0.39 is 114 Å². The minimum atomic E-state index is -1.65. The van der Waals surface area contributed by atoms with E-state index in [0.29, 0.717) is 30.4 Å². The van der Waals surface area contributed by atoms with Gasteiger partial charge in [-0.15, -0.1) is 0 Å². The zero-order valence-electron chi connectivity index (χ0n) is 40.6. The molecule has 26 heteroatoms. The number of hydrogen-bond acceptors (Lipinski definition) is 14. The number of phenols is 1. The first-order chi connectivity index (χ1) is 34.8. The second-order valence-corrected chi connectivity index (χ2v) is 20.1. The van der Waals surface area contributed by atoms with Crippen LogP contribution < -0.4 is 60.2 Å². The van der Waals surface area contributed by atoms with E-state index in [4.69, 9.17) is 22.9 Å². The number of likely N-dealkylation sites (tertiary alicyclic amines) is 1. The van der Waals surface area contributed by atoms with Gasteiger partial charge in [-0.05, 0) is 55.4 Å². The SMILES string of the molecule is CCCC[C@@H]1NC(=O)[C@H](Cc2ccccc2)NC(=O)[C@H](Cc2ccc(O)cc2)NC(=O)CCSSC[C@@H](C(=O)N2CCC[C@H]2C(=O)N[C@@H](CCCN=C(N)N)C(=O)NCC(N)=O)NC(=O)[C@H](CC(N)=O)NC1=O. The second kappa shape index (κ2) is 30.1. The monoisotopic (exact) mass is 1050 g/mol. The Kier molecular flexibility index (Phi) is 24.1. The third kappa shape index (κ3) is 20.2. The molecule has 4 rings (SSSR count). The summed E-state index contributed by atoms with van der Waals surface area (Å²) in [6.07, 6.45) is 1.01. The van der Waals surface area contributed by atoms with Crippen molar-refractivity contribution in [1.29, 1.82) is 0 Å². The highest BCUT2D eigenvalue weighted by Crippen LogP contribution is 2.26. The third-order valence-electron chi connectivity index (χ3n) is 11.7. The molecule has 0 radical (unpaired) electrons. The van der Waals surface area contributed by atoms with Gasteiger partial charge >= 0.3 is 0 Å². The molecule has 2 saturated heterocycles. The molecule has 398 valence electrons. The molecule has 0 aromatic heterocycles. The maximum absolute atomic E-state index is 14.6. The fourth-order valence-electron chi connectivity index (χ4n) is 7.90. The van der Waals surface area contributed by atoms with Gasteiger partial charge in [-0.1, -0.05) is 83.8 Å². The van der Waals surface area contributed by atoms with Crippen molar-refractivity contribution in [3.8, 4) is 5.75 Å². The molecule has 0 aliphatic carbocycles. The van der Waals surface area contributed by atoms with E-state index in [1.807, 2.05) is 6.92 Å². The molecule has 2 aliphatic rings. The van der Waals surface area contributed by atoms with Gasteiger partial charge in [0.05, 0.1) is 13.0 Å². The van der Waals surface area contributed by atoms with Crippen LogP contribution >= 0.6 is 21.6 Å². The summed E-state index contributed by atoms with van der Waals surface area (Å²) in [6.45, 7) is 1.53. The Morgan fingerprint density at radius 3 is 2.03 bits per heavy atom. The van der Waals surface area contributed by atoms with Crippen molar-refractivity contribution in [2.75, 3.05) is 31.1 Å². The molecule has 7 atom stereocenters. The molecule has 0 unspecified atom stereocenters. The average Bonchev–Trinajstić information content (AvgIpc) is 3.85. The van der Waals surface area contributed by atoms with Crippen LogP contribution in [0.25, 0.3) is 0 Å². The lowest BCUT2D eigenvalue weighted by Crippen LogP contribution is -2.61. The van der Waals surface area contributed by atoms with Crippen molar-refractivity contribution in [3.63, 3.8) is 0 Å². The molecule has 0 bridgehead atoms. The Morgan fingerprint density at radius 1 is 0.767 bits per heavy atom. The summed E-state index contributed by atoms with van der Waals surface area (Å²) in [7, 11) is 2.27. The highest BCUT2D eigenvalue weighted by atomic mass is 33.1. The van der Waals surface area contributed by atoms with E-state index in [0.717, 1.165) is 21.6 Å². The number of carbonyl (C=O) groups is 10. The first kappa shape index (κ1) is 58.5. The summed E-state index contributed by atoms with van der Waals surface area (Å²) >= 11 is 0. The van der Waals surface area contributed by atoms with Crippen molar-refractivity contribution in [2.24, 2.45) is 27.9 Å². The molecule has 2 fully saturated rings. The van der Waals surface area contributed by atoms with Crippen LogP contribution in [0.4, 0.5) is 0 Å². The number of hydrogen-bond donors (Lipinski definition) is 12. The maximum atomic E-state index is 14.6. The summed E-state index contributed by atoms with van der Waals surface area (Å²) in [5, 5.41) is 28.4. The van der Waals surface area contributed by atoms with E-state index >= 15 is 0 Å². The Balaban J connectivity index is 1.67. The largest absolute Gasteiger partial charge is 0.508 e. The van der Waals surface area contributed by atoms with Gasteiger partial charge in [-0.3, -0.25) is 52.9 Å². The summed E-state index contributed by atoms with van der Waals surface area (Å²) < 4.78 is 0. The number of unbranched alkanes of at least 4 members (excludes halogenated alkanes) is 1. The minimum Gasteiger partial charge on any atom is -0.508 e. The van der Waals surface area contributed by atoms with Crippen LogP contribution in [0.1, 0.15) is 75.8 Å². The van der Waals surface area contributed by atoms with Crippen LogP contribution in [-0.2, 0) is 60.8 Å². The zero-order chi connectivity index (χ0) is 53.5. The molecule has 10 amide bonds. The number of amides is 10. The molecule has 2 aliphatic heterocycles. The smallest absolute Gasteiger partial charge is 0.246 e. The van der Waals surface area contributed by atoms with Crippen LogP contribution in [0.2, 0.25) is 0 Å². The summed E-state index contributed by atoms with van der Waals surface area (Å²) in [5.74, 6) is -7.98. The number of nitrogens with one attached hydrogen (secondary N) is 7. The number of aliphatic imine (C=N–C) groups is 1. The molecule has 2 aromatic carbocycles. The molecule has 2 aromatic rings. The number of carbonyl (C=O) groups excluding carboxylic acids is 10. The van der Waals surface area contributed by atoms with Crippen molar-refractivity contribution in [1.82, 2.24) is 42.1 Å². The van der Waals surface area contributed by atoms with Gasteiger partial charge in [0.1, 0.15) is 48.0 Å². The van der Waals surface area contributed by atoms with Crippen LogP contribution in [-0.4, -0.2) is 148 Å². The standard InChI is InChI=1S/C47H67N13O11S2/c1-2-3-11-31-41(66)58-34(24-37(48)62)44(69)59-35(46(71)60-20-8-13-36(60)45(70)56-30(12-7-19-52-47(50)51)40(65)53-25-38(49)63)26-73-72-21-18-39(64)54-32(23-28-14-16-29(61)17-15-28)42(67)57-33(43(68)55-31)22-27-9-5-4-6-10-27/h4-6,9-10,14-17,30-36,61H,2-3,7-8,11-13,18-26H2,1H3,(H2,48,62)(H2,49,63)(H,53,65)(H,54,64)(H,55,68)(H,56,70)(H,57,67)(H,58,66)(H,59,69)(H4,50,51,52)/t30-,31-,32-,33-,34-,35-,36-/m0/s1. The normalized spacial score (nSPS) is 21.9. The third-order valence-corrected chi connectivity index (χ3v) is 14.1. The molecule has 16 N–H and O–H groups in total. The highest BCUT2D eigenvalue weighted by Gasteiger charge is 2.40. The fourth-order valence-corrected chi connectivity index (χ4v) is 10.0. The first-order valence-corrected chi connectivity index (χ1v) is 26.4. The lowest BCUT2D eigenvalue weighted by atomic mass is 10.0. The van der Waals surface area contributed by atoms with Crippen molar-refractivity contribution in [3.05, 3.63) is 65.7 Å². The quantitative estimate of drug-likeness (QED) is 0.0302. The molecule has 73 heavy (non-hydrogen) atoms. The van der Waals surface area contributed by atoms with Gasteiger partial charge in [0.15, 0.2) is 5.96 Å². The number of nitrogens with two attached hydrogens (primary N) is 4. The molecule has 0 spiro atoms. The van der Waals surface area contributed by atoms with E-state index in [1.165, 1.54) is 17.0 Å². The lowest BCUT2D eigenvalue weighted by Gasteiger charge is -2.31. The van der Waals surface area contributed by atoms with Crippen LogP contribution in [0.15, 0.2) is 59.6 Å². The summed E-state index contributed by atoms with van der Waals surface area (Å²) in [6, 6.07) is 5.68. The summed E-state index contributed by atoms with van der Waals surface area (Å²) in [5.41, 5.74) is 22.9. The van der Waals surface area contributed by atoms with E-state index in [1.54, 1.807) is 42.5 Å². The second-order valence-electron chi connectivity index (χ2n) is 17.5. The number of benzene rings is 2. The molecule has 2 heterocycles. The number of aromatic hydroxyl groups is 1. The van der Waals surface area contributed by atoms with Gasteiger partial charge in [0, 0.05) is 43.9 Å². The van der Waals surface area contributed by atoms with Crippen molar-refractivity contribution >= 4 is 86.6 Å². The fraction of sp³-hybridized carbons (Fsp3) is 0.511. The number of nitrogens with zero attached hydrogens (tertiary/aromatic N) is 2. The minimum absolute atomic E-state index is 0.0123. The zero-order valence-corrected chi connectivity index (χ0v) is 42.2. The molecular formula is C47H67N13O11S2. The van der Waals surface area contributed by atoms with E-state index in [-0.39, 0.29) is 81.3 Å².